The summed E-state index contributed by atoms with van der Waals surface area (Å²) in [5.74, 6) is -4.52. The van der Waals surface area contributed by atoms with Crippen LogP contribution in [0.25, 0.3) is 10.8 Å². The van der Waals surface area contributed by atoms with Crippen LogP contribution >= 0.6 is 11.6 Å². The fourth-order valence-electron chi connectivity index (χ4n) is 5.77. The second-order valence-electron chi connectivity index (χ2n) is 12.0. The van der Waals surface area contributed by atoms with Gasteiger partial charge in [0.05, 0.1) is 0 Å². The number of carboxylic acid groups (broad SMARTS) is 1. The highest BCUT2D eigenvalue weighted by Gasteiger charge is 2.36. The SMILES string of the molecule is NC(=O)NCCCC(NC(=O)C(Cc1ccc2ccccc2c1)NC(=O)C1CCCCN1C(=O)CC(CCC(=O)O)NC(=O)CCl)C(N)=O. The molecule has 1 heterocycles. The molecule has 1 aliphatic rings. The molecule has 3 rings (SSSR count). The Kier molecular flexibility index (Phi) is 15.1. The molecular weight excluding hydrogens is 658 g/mol. The number of fused-ring (bicyclic) bond motifs is 1. The predicted octanol–water partition coefficient (Wildman–Crippen LogP) is 0.645. The quantitative estimate of drug-likeness (QED) is 0.0857. The zero-order valence-corrected chi connectivity index (χ0v) is 27.9. The summed E-state index contributed by atoms with van der Waals surface area (Å²) in [7, 11) is 0. The van der Waals surface area contributed by atoms with Gasteiger partial charge in [-0.15, -0.1) is 11.6 Å². The van der Waals surface area contributed by atoms with Gasteiger partial charge in [-0.05, 0) is 54.9 Å². The number of urea groups is 1. The minimum absolute atomic E-state index is 0.0119. The van der Waals surface area contributed by atoms with E-state index in [1.807, 2.05) is 42.5 Å². The lowest BCUT2D eigenvalue weighted by Gasteiger charge is -2.36. The second kappa shape index (κ2) is 19.2. The number of hydrogen-bond acceptors (Lipinski definition) is 7. The molecule has 9 N–H and O–H groups in total. The smallest absolute Gasteiger partial charge is 0.312 e. The number of halogens is 1. The molecule has 4 atom stereocenters. The normalized spacial score (nSPS) is 16.1. The first-order valence-electron chi connectivity index (χ1n) is 16.2. The summed E-state index contributed by atoms with van der Waals surface area (Å²) in [5, 5.41) is 21.4. The molecule has 7 amide bonds. The Labute approximate surface area is 288 Å². The van der Waals surface area contributed by atoms with E-state index in [0.29, 0.717) is 19.3 Å². The number of nitrogens with zero attached hydrogens (tertiary/aromatic N) is 1. The number of carbonyl (C=O) groups is 7. The Hall–Kier alpha value is -4.92. The van der Waals surface area contributed by atoms with Crippen molar-refractivity contribution in [2.75, 3.05) is 19.0 Å². The highest BCUT2D eigenvalue weighted by Crippen LogP contribution is 2.21. The van der Waals surface area contributed by atoms with Crippen molar-refractivity contribution in [1.29, 1.82) is 0 Å². The first kappa shape index (κ1) is 38.5. The number of nitrogens with one attached hydrogen (secondary N) is 4. The Morgan fingerprint density at radius 3 is 2.33 bits per heavy atom. The molecule has 1 saturated heterocycles. The van der Waals surface area contributed by atoms with Gasteiger partial charge >= 0.3 is 12.0 Å². The number of amides is 7. The van der Waals surface area contributed by atoms with E-state index in [9.17, 15) is 33.6 Å². The van der Waals surface area contributed by atoms with E-state index in [0.717, 1.165) is 16.3 Å². The Bertz CT molecular complexity index is 1520. The van der Waals surface area contributed by atoms with Crippen LogP contribution < -0.4 is 32.7 Å². The zero-order chi connectivity index (χ0) is 35.9. The van der Waals surface area contributed by atoms with Gasteiger partial charge < -0.3 is 42.7 Å². The third kappa shape index (κ3) is 12.6. The van der Waals surface area contributed by atoms with E-state index in [1.54, 1.807) is 0 Å². The number of rotatable bonds is 18. The van der Waals surface area contributed by atoms with Crippen LogP contribution in [0.2, 0.25) is 0 Å². The second-order valence-corrected chi connectivity index (χ2v) is 12.2. The standard InChI is InChI=1S/C33H44ClN7O8/c34-19-27(42)38-23(12-13-29(44)45)18-28(43)41-15-4-3-9-26(41)32(48)40-25(17-20-10-11-21-6-1-2-7-22(21)16-20)31(47)39-24(30(35)46)8-5-14-37-33(36)49/h1-2,6-7,10-11,16,23-26H,3-5,8-9,12-15,17-19H2,(H2,35,46)(H,38,42)(H,39,47)(H,40,48)(H,44,45)(H3,36,37,49). The zero-order valence-electron chi connectivity index (χ0n) is 27.1. The summed E-state index contributed by atoms with van der Waals surface area (Å²) in [6.07, 6.45) is 1.47. The Balaban J connectivity index is 1.81. The monoisotopic (exact) mass is 701 g/mol. The largest absolute Gasteiger partial charge is 0.481 e. The van der Waals surface area contributed by atoms with Gasteiger partial charge in [0.2, 0.25) is 29.5 Å². The van der Waals surface area contributed by atoms with Gasteiger partial charge in [0, 0.05) is 38.4 Å². The molecule has 0 saturated carbocycles. The minimum Gasteiger partial charge on any atom is -0.481 e. The number of alkyl halides is 1. The van der Waals surface area contributed by atoms with Gasteiger partial charge in [-0.2, -0.15) is 0 Å². The lowest BCUT2D eigenvalue weighted by Crippen LogP contribution is -2.58. The summed E-state index contributed by atoms with van der Waals surface area (Å²) < 4.78 is 0. The van der Waals surface area contributed by atoms with Crippen LogP contribution in [0.3, 0.4) is 0 Å². The van der Waals surface area contributed by atoms with Crippen LogP contribution in [0, 0.1) is 0 Å². The molecular formula is C33H44ClN7O8. The van der Waals surface area contributed by atoms with E-state index in [-0.39, 0.29) is 57.5 Å². The average molecular weight is 702 g/mol. The third-order valence-electron chi connectivity index (χ3n) is 8.26. The first-order valence-corrected chi connectivity index (χ1v) is 16.7. The van der Waals surface area contributed by atoms with Crippen molar-refractivity contribution in [2.24, 2.45) is 11.5 Å². The molecule has 16 heteroatoms. The molecule has 2 aromatic carbocycles. The molecule has 0 spiro atoms. The molecule has 1 fully saturated rings. The van der Waals surface area contributed by atoms with Gasteiger partial charge in [0.25, 0.3) is 0 Å². The number of nitrogens with two attached hydrogens (primary N) is 2. The summed E-state index contributed by atoms with van der Waals surface area (Å²) >= 11 is 5.61. The van der Waals surface area contributed by atoms with Crippen LogP contribution in [0.5, 0.6) is 0 Å². The van der Waals surface area contributed by atoms with Crippen LogP contribution in [0.15, 0.2) is 42.5 Å². The molecule has 15 nitrogen and oxygen atoms in total. The molecule has 0 aromatic heterocycles. The van der Waals surface area contributed by atoms with Crippen molar-refractivity contribution >= 4 is 63.9 Å². The van der Waals surface area contributed by atoms with Gasteiger partial charge in [0.15, 0.2) is 0 Å². The molecule has 1 aliphatic heterocycles. The number of piperidine rings is 1. The molecule has 0 radical (unpaired) electrons. The third-order valence-corrected chi connectivity index (χ3v) is 8.50. The molecule has 0 bridgehead atoms. The summed E-state index contributed by atoms with van der Waals surface area (Å²) in [6.45, 7) is 0.404. The van der Waals surface area contributed by atoms with Crippen LogP contribution in [-0.2, 0) is 35.2 Å². The maximum absolute atomic E-state index is 13.9. The number of likely N-dealkylation sites (tertiary alicyclic amines) is 1. The lowest BCUT2D eigenvalue weighted by atomic mass is 9.97. The molecule has 2 aromatic rings. The maximum atomic E-state index is 13.9. The van der Waals surface area contributed by atoms with Crippen molar-refractivity contribution in [1.82, 2.24) is 26.2 Å². The van der Waals surface area contributed by atoms with Gasteiger partial charge in [-0.3, -0.25) is 28.8 Å². The minimum atomic E-state index is -1.16. The average Bonchev–Trinajstić information content (AvgIpc) is 3.07. The highest BCUT2D eigenvalue weighted by atomic mass is 35.5. The van der Waals surface area contributed by atoms with Gasteiger partial charge in [0.1, 0.15) is 24.0 Å². The van der Waals surface area contributed by atoms with Crippen molar-refractivity contribution in [3.63, 3.8) is 0 Å². The molecule has 266 valence electrons. The van der Waals surface area contributed by atoms with Crippen molar-refractivity contribution in [3.05, 3.63) is 48.0 Å². The number of primary amides is 2. The highest BCUT2D eigenvalue weighted by molar-refractivity contribution is 6.27. The van der Waals surface area contributed by atoms with Gasteiger partial charge in [-0.25, -0.2) is 4.79 Å². The van der Waals surface area contributed by atoms with E-state index < -0.39 is 65.7 Å². The lowest BCUT2D eigenvalue weighted by molar-refractivity contribution is -0.144. The van der Waals surface area contributed by atoms with Crippen molar-refractivity contribution < 1.29 is 38.7 Å². The summed E-state index contributed by atoms with van der Waals surface area (Å²) in [5.41, 5.74) is 11.4. The van der Waals surface area contributed by atoms with E-state index in [4.69, 9.17) is 28.2 Å². The van der Waals surface area contributed by atoms with E-state index in [1.165, 1.54) is 4.90 Å². The predicted molar refractivity (Wildman–Crippen MR) is 181 cm³/mol. The molecule has 4 unspecified atom stereocenters. The van der Waals surface area contributed by atoms with Gasteiger partial charge in [-0.1, -0.05) is 42.5 Å². The number of hydrogen-bond donors (Lipinski definition) is 7. The van der Waals surface area contributed by atoms with Crippen molar-refractivity contribution in [2.45, 2.75) is 82.0 Å². The van der Waals surface area contributed by atoms with Crippen LogP contribution in [0.4, 0.5) is 4.79 Å². The van der Waals surface area contributed by atoms with Crippen LogP contribution in [0.1, 0.15) is 56.9 Å². The number of benzene rings is 2. The van der Waals surface area contributed by atoms with E-state index >= 15 is 0 Å². The number of carbonyl (C=O) groups excluding carboxylic acids is 6. The fraction of sp³-hybridized carbons (Fsp3) is 0.485. The molecule has 49 heavy (non-hydrogen) atoms. The number of carboxylic acids is 1. The topological polar surface area (TPSA) is 243 Å². The summed E-state index contributed by atoms with van der Waals surface area (Å²) in [4.78, 5) is 88.8. The molecule has 0 aliphatic carbocycles. The Morgan fingerprint density at radius 1 is 0.918 bits per heavy atom. The first-order chi connectivity index (χ1) is 23.4. The maximum Gasteiger partial charge on any atom is 0.312 e. The van der Waals surface area contributed by atoms with Crippen LogP contribution in [-0.4, -0.2) is 94.7 Å². The number of aliphatic carboxylic acids is 1. The fourth-order valence-corrected chi connectivity index (χ4v) is 5.85. The summed E-state index contributed by atoms with van der Waals surface area (Å²) in [6, 6.07) is 8.52. The van der Waals surface area contributed by atoms with E-state index in [2.05, 4.69) is 21.3 Å². The van der Waals surface area contributed by atoms with Crippen molar-refractivity contribution in [3.8, 4) is 0 Å². The Morgan fingerprint density at radius 2 is 1.65 bits per heavy atom.